The van der Waals surface area contributed by atoms with E-state index in [9.17, 15) is 9.59 Å². The quantitative estimate of drug-likeness (QED) is 0.813. The summed E-state index contributed by atoms with van der Waals surface area (Å²) >= 11 is 1.93. The molecular formula is C13H20N2O2S. The van der Waals surface area contributed by atoms with Gasteiger partial charge >= 0.3 is 0 Å². The molecule has 2 unspecified atom stereocenters. The fourth-order valence-electron chi connectivity index (χ4n) is 2.90. The molecule has 100 valence electrons. The predicted molar refractivity (Wildman–Crippen MR) is 71.3 cm³/mol. The van der Waals surface area contributed by atoms with Crippen molar-refractivity contribution >= 4 is 23.6 Å². The second-order valence-corrected chi connectivity index (χ2v) is 6.69. The van der Waals surface area contributed by atoms with Crippen molar-refractivity contribution in [3.8, 4) is 0 Å². The van der Waals surface area contributed by atoms with Gasteiger partial charge in [-0.2, -0.15) is 11.8 Å². The van der Waals surface area contributed by atoms with Crippen molar-refractivity contribution in [2.75, 3.05) is 18.1 Å². The molecule has 2 saturated heterocycles. The SMILES string of the molecule is O=C1CCN(C2CCCSC2)C(=O)C(C2CC2)N1. The summed E-state index contributed by atoms with van der Waals surface area (Å²) in [6.07, 6.45) is 4.93. The van der Waals surface area contributed by atoms with E-state index in [1.54, 1.807) is 0 Å². The largest absolute Gasteiger partial charge is 0.344 e. The Morgan fingerprint density at radius 1 is 1.22 bits per heavy atom. The lowest BCUT2D eigenvalue weighted by Crippen LogP contribution is -2.50. The minimum atomic E-state index is -0.230. The van der Waals surface area contributed by atoms with Crippen LogP contribution in [-0.4, -0.2) is 46.8 Å². The molecule has 2 aliphatic heterocycles. The highest BCUT2D eigenvalue weighted by Crippen LogP contribution is 2.35. The van der Waals surface area contributed by atoms with Crippen molar-refractivity contribution in [2.45, 2.75) is 44.2 Å². The van der Waals surface area contributed by atoms with E-state index < -0.39 is 0 Å². The lowest BCUT2D eigenvalue weighted by molar-refractivity contribution is -0.135. The van der Waals surface area contributed by atoms with E-state index in [1.165, 1.54) is 12.2 Å². The molecular weight excluding hydrogens is 248 g/mol. The first kappa shape index (κ1) is 12.3. The highest BCUT2D eigenvalue weighted by molar-refractivity contribution is 7.99. The highest BCUT2D eigenvalue weighted by Gasteiger charge is 2.42. The van der Waals surface area contributed by atoms with Crippen LogP contribution in [0.25, 0.3) is 0 Å². The van der Waals surface area contributed by atoms with Crippen LogP contribution in [0.3, 0.4) is 0 Å². The maximum atomic E-state index is 12.6. The number of hydrogen-bond acceptors (Lipinski definition) is 3. The normalized spacial score (nSPS) is 34.1. The molecule has 0 radical (unpaired) electrons. The first-order chi connectivity index (χ1) is 8.75. The van der Waals surface area contributed by atoms with Gasteiger partial charge in [0, 0.05) is 24.8 Å². The van der Waals surface area contributed by atoms with Gasteiger partial charge in [-0.1, -0.05) is 0 Å². The van der Waals surface area contributed by atoms with Crippen LogP contribution in [0, 0.1) is 5.92 Å². The number of hydrogen-bond donors (Lipinski definition) is 1. The van der Waals surface area contributed by atoms with Gasteiger partial charge in [0.2, 0.25) is 11.8 Å². The van der Waals surface area contributed by atoms with E-state index in [-0.39, 0.29) is 17.9 Å². The number of nitrogens with zero attached hydrogens (tertiary/aromatic N) is 1. The fraction of sp³-hybridized carbons (Fsp3) is 0.846. The van der Waals surface area contributed by atoms with Crippen LogP contribution >= 0.6 is 11.8 Å². The monoisotopic (exact) mass is 268 g/mol. The van der Waals surface area contributed by atoms with Crippen molar-refractivity contribution in [3.05, 3.63) is 0 Å². The summed E-state index contributed by atoms with van der Waals surface area (Å²) < 4.78 is 0. The standard InChI is InChI=1S/C13H20N2O2S/c16-11-5-6-15(10-2-1-7-18-8-10)13(17)12(14-11)9-3-4-9/h9-10,12H,1-8H2,(H,14,16). The average Bonchev–Trinajstić information content (AvgIpc) is 3.21. The molecule has 5 heteroatoms. The number of carbonyl (C=O) groups excluding carboxylic acids is 2. The third-order valence-electron chi connectivity index (χ3n) is 4.12. The van der Waals surface area contributed by atoms with Gasteiger partial charge in [0.1, 0.15) is 6.04 Å². The third-order valence-corrected chi connectivity index (χ3v) is 5.31. The van der Waals surface area contributed by atoms with E-state index in [0.717, 1.165) is 25.0 Å². The summed E-state index contributed by atoms with van der Waals surface area (Å²) in [5.41, 5.74) is 0. The fourth-order valence-corrected chi connectivity index (χ4v) is 4.06. The predicted octanol–water partition coefficient (Wildman–Crippen LogP) is 1.01. The number of nitrogens with one attached hydrogen (secondary N) is 1. The smallest absolute Gasteiger partial charge is 0.245 e. The molecule has 2 heterocycles. The minimum absolute atomic E-state index is 0.0474. The van der Waals surface area contributed by atoms with Crippen molar-refractivity contribution in [1.82, 2.24) is 10.2 Å². The molecule has 2 atom stereocenters. The number of carbonyl (C=O) groups is 2. The molecule has 0 bridgehead atoms. The molecule has 3 aliphatic rings. The number of amides is 2. The topological polar surface area (TPSA) is 49.4 Å². The van der Waals surface area contributed by atoms with Crippen LogP contribution < -0.4 is 5.32 Å². The van der Waals surface area contributed by atoms with Crippen molar-refractivity contribution in [2.24, 2.45) is 5.92 Å². The molecule has 4 nitrogen and oxygen atoms in total. The molecule has 1 saturated carbocycles. The summed E-state index contributed by atoms with van der Waals surface area (Å²) in [5.74, 6) is 2.87. The van der Waals surface area contributed by atoms with E-state index >= 15 is 0 Å². The first-order valence-corrected chi connectivity index (χ1v) is 8.09. The van der Waals surface area contributed by atoms with E-state index in [0.29, 0.717) is 24.9 Å². The Labute approximate surface area is 112 Å². The summed E-state index contributed by atoms with van der Waals surface area (Å²) in [7, 11) is 0. The van der Waals surface area contributed by atoms with Crippen LogP contribution in [0.4, 0.5) is 0 Å². The zero-order valence-corrected chi connectivity index (χ0v) is 11.4. The van der Waals surface area contributed by atoms with Crippen molar-refractivity contribution in [1.29, 1.82) is 0 Å². The molecule has 3 fully saturated rings. The summed E-state index contributed by atoms with van der Waals surface area (Å²) in [5, 5.41) is 2.92. The van der Waals surface area contributed by atoms with Gasteiger partial charge in [-0.05, 0) is 37.4 Å². The summed E-state index contributed by atoms with van der Waals surface area (Å²) in [6, 6.07) is 0.122. The molecule has 3 rings (SSSR count). The summed E-state index contributed by atoms with van der Waals surface area (Å²) in [4.78, 5) is 26.3. The lowest BCUT2D eigenvalue weighted by Gasteiger charge is -2.34. The van der Waals surface area contributed by atoms with Crippen LogP contribution in [0.1, 0.15) is 32.1 Å². The highest BCUT2D eigenvalue weighted by atomic mass is 32.2. The van der Waals surface area contributed by atoms with Gasteiger partial charge in [-0.3, -0.25) is 9.59 Å². The van der Waals surface area contributed by atoms with Crippen LogP contribution in [0.5, 0.6) is 0 Å². The van der Waals surface area contributed by atoms with Crippen LogP contribution in [0.15, 0.2) is 0 Å². The van der Waals surface area contributed by atoms with E-state index in [1.807, 2.05) is 16.7 Å². The Bertz CT molecular complexity index is 351. The van der Waals surface area contributed by atoms with Crippen LogP contribution in [-0.2, 0) is 9.59 Å². The summed E-state index contributed by atoms with van der Waals surface area (Å²) in [6.45, 7) is 0.610. The van der Waals surface area contributed by atoms with Crippen molar-refractivity contribution < 1.29 is 9.59 Å². The molecule has 18 heavy (non-hydrogen) atoms. The molecule has 1 N–H and O–H groups in total. The van der Waals surface area contributed by atoms with Gasteiger partial charge in [0.25, 0.3) is 0 Å². The lowest BCUT2D eigenvalue weighted by atomic mass is 10.1. The second kappa shape index (κ2) is 5.11. The van der Waals surface area contributed by atoms with Gasteiger partial charge in [-0.15, -0.1) is 0 Å². The maximum Gasteiger partial charge on any atom is 0.245 e. The maximum absolute atomic E-state index is 12.6. The van der Waals surface area contributed by atoms with Crippen molar-refractivity contribution in [3.63, 3.8) is 0 Å². The molecule has 0 aromatic carbocycles. The molecule has 1 aliphatic carbocycles. The van der Waals surface area contributed by atoms with Gasteiger partial charge < -0.3 is 10.2 Å². The Kier molecular flexibility index (Phi) is 3.50. The van der Waals surface area contributed by atoms with Gasteiger partial charge in [0.15, 0.2) is 0 Å². The zero-order chi connectivity index (χ0) is 12.5. The van der Waals surface area contributed by atoms with Gasteiger partial charge in [-0.25, -0.2) is 0 Å². The minimum Gasteiger partial charge on any atom is -0.344 e. The Balaban J connectivity index is 1.74. The number of thioether (sulfide) groups is 1. The molecule has 0 aromatic heterocycles. The van der Waals surface area contributed by atoms with Gasteiger partial charge in [0.05, 0.1) is 0 Å². The second-order valence-electron chi connectivity index (χ2n) is 5.54. The van der Waals surface area contributed by atoms with E-state index in [4.69, 9.17) is 0 Å². The first-order valence-electron chi connectivity index (χ1n) is 6.93. The third kappa shape index (κ3) is 2.51. The molecule has 2 amide bonds. The average molecular weight is 268 g/mol. The Morgan fingerprint density at radius 2 is 2.06 bits per heavy atom. The van der Waals surface area contributed by atoms with E-state index in [2.05, 4.69) is 5.32 Å². The molecule has 0 aromatic rings. The van der Waals surface area contributed by atoms with Crippen LogP contribution in [0.2, 0.25) is 0 Å². The Hall–Kier alpha value is -0.710. The molecule has 0 spiro atoms. The Morgan fingerprint density at radius 3 is 2.72 bits per heavy atom. The number of rotatable bonds is 2. The zero-order valence-electron chi connectivity index (χ0n) is 10.6.